The summed E-state index contributed by atoms with van der Waals surface area (Å²) in [6.07, 6.45) is 0.123. The summed E-state index contributed by atoms with van der Waals surface area (Å²) in [7, 11) is 0. The molecule has 6 heteroatoms. The molecule has 0 aliphatic carbocycles. The molecule has 1 unspecified atom stereocenters. The SMILES string of the molecule is CCOC(=O)CCNC(=O)C(C(N)=S)c1ccccc1. The van der Waals surface area contributed by atoms with Gasteiger partial charge in [0.15, 0.2) is 0 Å². The molecule has 1 aromatic rings. The van der Waals surface area contributed by atoms with E-state index in [1.807, 2.05) is 18.2 Å². The van der Waals surface area contributed by atoms with Crippen LogP contribution in [0.4, 0.5) is 0 Å². The van der Waals surface area contributed by atoms with Crippen LogP contribution < -0.4 is 11.1 Å². The first-order valence-electron chi connectivity index (χ1n) is 6.33. The minimum atomic E-state index is -0.687. The van der Waals surface area contributed by atoms with E-state index in [-0.39, 0.29) is 29.8 Å². The summed E-state index contributed by atoms with van der Waals surface area (Å²) < 4.78 is 4.78. The topological polar surface area (TPSA) is 81.4 Å². The lowest BCUT2D eigenvalue weighted by molar-refractivity contribution is -0.143. The second kappa shape index (κ2) is 8.27. The largest absolute Gasteiger partial charge is 0.466 e. The van der Waals surface area contributed by atoms with Crippen LogP contribution in [0.25, 0.3) is 0 Å². The van der Waals surface area contributed by atoms with Gasteiger partial charge in [-0.05, 0) is 12.5 Å². The average Bonchev–Trinajstić information content (AvgIpc) is 2.40. The smallest absolute Gasteiger partial charge is 0.307 e. The Balaban J connectivity index is 2.58. The summed E-state index contributed by atoms with van der Waals surface area (Å²) in [6.45, 7) is 2.25. The maximum atomic E-state index is 12.1. The first-order chi connectivity index (χ1) is 9.56. The first-order valence-corrected chi connectivity index (χ1v) is 6.74. The summed E-state index contributed by atoms with van der Waals surface area (Å²) in [5, 5.41) is 2.64. The van der Waals surface area contributed by atoms with E-state index in [0.29, 0.717) is 6.61 Å². The van der Waals surface area contributed by atoms with Crippen LogP contribution in [-0.4, -0.2) is 30.0 Å². The Bertz CT molecular complexity index is 477. The zero-order valence-electron chi connectivity index (χ0n) is 11.3. The zero-order valence-corrected chi connectivity index (χ0v) is 12.1. The number of nitrogens with one attached hydrogen (secondary N) is 1. The van der Waals surface area contributed by atoms with Crippen molar-refractivity contribution in [2.45, 2.75) is 19.3 Å². The van der Waals surface area contributed by atoms with Crippen LogP contribution in [-0.2, 0) is 14.3 Å². The summed E-state index contributed by atoms with van der Waals surface area (Å²) >= 11 is 4.94. The molecule has 1 rings (SSSR count). The molecule has 1 amide bonds. The van der Waals surface area contributed by atoms with Crippen LogP contribution in [0.5, 0.6) is 0 Å². The molecule has 5 nitrogen and oxygen atoms in total. The Labute approximate surface area is 123 Å². The summed E-state index contributed by atoms with van der Waals surface area (Å²) in [6, 6.07) is 9.04. The molecule has 0 saturated carbocycles. The van der Waals surface area contributed by atoms with Gasteiger partial charge in [0.2, 0.25) is 5.91 Å². The van der Waals surface area contributed by atoms with Crippen molar-refractivity contribution < 1.29 is 14.3 Å². The fourth-order valence-electron chi connectivity index (χ4n) is 1.71. The number of hydrogen-bond acceptors (Lipinski definition) is 4. The molecule has 0 aliphatic heterocycles. The lowest BCUT2D eigenvalue weighted by atomic mass is 9.98. The zero-order chi connectivity index (χ0) is 15.0. The van der Waals surface area contributed by atoms with Crippen molar-refractivity contribution in [2.24, 2.45) is 5.73 Å². The normalized spacial score (nSPS) is 11.4. The Morgan fingerprint density at radius 2 is 2.00 bits per heavy atom. The van der Waals surface area contributed by atoms with Crippen molar-refractivity contribution in [1.29, 1.82) is 0 Å². The van der Waals surface area contributed by atoms with Crippen molar-refractivity contribution in [3.05, 3.63) is 35.9 Å². The molecular formula is C14H18N2O3S. The highest BCUT2D eigenvalue weighted by molar-refractivity contribution is 7.80. The summed E-state index contributed by atoms with van der Waals surface area (Å²) in [5.74, 6) is -1.35. The number of amides is 1. The molecule has 3 N–H and O–H groups in total. The third-order valence-electron chi connectivity index (χ3n) is 2.61. The van der Waals surface area contributed by atoms with Gasteiger partial charge in [-0.25, -0.2) is 0 Å². The van der Waals surface area contributed by atoms with Gasteiger partial charge in [-0.15, -0.1) is 0 Å². The van der Waals surface area contributed by atoms with Gasteiger partial charge >= 0.3 is 5.97 Å². The van der Waals surface area contributed by atoms with Crippen LogP contribution >= 0.6 is 12.2 Å². The first kappa shape index (κ1) is 16.1. The van der Waals surface area contributed by atoms with Crippen LogP contribution in [0.2, 0.25) is 0 Å². The summed E-state index contributed by atoms with van der Waals surface area (Å²) in [5.41, 5.74) is 6.36. The van der Waals surface area contributed by atoms with Gasteiger partial charge in [0.25, 0.3) is 0 Å². The van der Waals surface area contributed by atoms with E-state index in [1.54, 1.807) is 19.1 Å². The molecule has 0 heterocycles. The van der Waals surface area contributed by atoms with E-state index < -0.39 is 5.92 Å². The molecule has 1 atom stereocenters. The highest BCUT2D eigenvalue weighted by Crippen LogP contribution is 2.16. The number of rotatable bonds is 7. The van der Waals surface area contributed by atoms with Crippen molar-refractivity contribution in [3.63, 3.8) is 0 Å². The number of carbonyl (C=O) groups excluding carboxylic acids is 2. The molecule has 0 aliphatic rings. The highest BCUT2D eigenvalue weighted by Gasteiger charge is 2.23. The molecule has 108 valence electrons. The van der Waals surface area contributed by atoms with E-state index in [2.05, 4.69) is 5.32 Å². The molecule has 20 heavy (non-hydrogen) atoms. The van der Waals surface area contributed by atoms with Gasteiger partial charge < -0.3 is 15.8 Å². The van der Waals surface area contributed by atoms with Gasteiger partial charge in [0, 0.05) is 6.54 Å². The standard InChI is InChI=1S/C14H18N2O3S/c1-2-19-11(17)8-9-16-14(18)12(13(15)20)10-6-4-3-5-7-10/h3-7,12H,2,8-9H2,1H3,(H2,15,20)(H,16,18). The van der Waals surface area contributed by atoms with E-state index in [9.17, 15) is 9.59 Å². The molecule has 0 saturated heterocycles. The van der Waals surface area contributed by atoms with E-state index in [1.165, 1.54) is 0 Å². The molecule has 0 spiro atoms. The van der Waals surface area contributed by atoms with Crippen molar-refractivity contribution in [2.75, 3.05) is 13.2 Å². The summed E-state index contributed by atoms with van der Waals surface area (Å²) in [4.78, 5) is 23.4. The third kappa shape index (κ3) is 4.97. The van der Waals surface area contributed by atoms with Crippen molar-refractivity contribution in [3.8, 4) is 0 Å². The Morgan fingerprint density at radius 1 is 1.35 bits per heavy atom. The van der Waals surface area contributed by atoms with E-state index in [0.717, 1.165) is 5.56 Å². The molecule has 0 fully saturated rings. The fraction of sp³-hybridized carbons (Fsp3) is 0.357. The predicted molar refractivity (Wildman–Crippen MR) is 80.2 cm³/mol. The Hall–Kier alpha value is -1.95. The van der Waals surface area contributed by atoms with Crippen LogP contribution in [0.1, 0.15) is 24.8 Å². The number of benzene rings is 1. The van der Waals surface area contributed by atoms with E-state index >= 15 is 0 Å². The molecule has 0 radical (unpaired) electrons. The maximum Gasteiger partial charge on any atom is 0.307 e. The van der Waals surface area contributed by atoms with Gasteiger partial charge in [0.05, 0.1) is 18.0 Å². The molecule has 1 aromatic carbocycles. The lowest BCUT2D eigenvalue weighted by Crippen LogP contribution is -2.37. The third-order valence-corrected chi connectivity index (χ3v) is 2.85. The predicted octanol–water partition coefficient (Wildman–Crippen LogP) is 1.13. The monoisotopic (exact) mass is 294 g/mol. The number of hydrogen-bond donors (Lipinski definition) is 2. The number of carbonyl (C=O) groups is 2. The Morgan fingerprint density at radius 3 is 2.55 bits per heavy atom. The van der Waals surface area contributed by atoms with Crippen LogP contribution in [0.3, 0.4) is 0 Å². The Kier molecular flexibility index (Phi) is 6.66. The van der Waals surface area contributed by atoms with E-state index in [4.69, 9.17) is 22.7 Å². The second-order valence-electron chi connectivity index (χ2n) is 4.09. The average molecular weight is 294 g/mol. The van der Waals surface area contributed by atoms with Crippen LogP contribution in [0, 0.1) is 0 Å². The van der Waals surface area contributed by atoms with Gasteiger partial charge in [-0.3, -0.25) is 9.59 Å². The number of esters is 1. The maximum absolute atomic E-state index is 12.1. The number of ether oxygens (including phenoxy) is 1. The number of thiocarbonyl (C=S) groups is 1. The second-order valence-corrected chi connectivity index (χ2v) is 4.56. The van der Waals surface area contributed by atoms with Crippen molar-refractivity contribution >= 4 is 29.1 Å². The van der Waals surface area contributed by atoms with Crippen molar-refractivity contribution in [1.82, 2.24) is 5.32 Å². The molecule has 0 bridgehead atoms. The van der Waals surface area contributed by atoms with Gasteiger partial charge in [0.1, 0.15) is 5.92 Å². The number of nitrogens with two attached hydrogens (primary N) is 1. The molecule has 0 aromatic heterocycles. The minimum Gasteiger partial charge on any atom is -0.466 e. The van der Waals surface area contributed by atoms with Gasteiger partial charge in [-0.2, -0.15) is 0 Å². The van der Waals surface area contributed by atoms with Gasteiger partial charge in [-0.1, -0.05) is 42.5 Å². The minimum absolute atomic E-state index is 0.102. The highest BCUT2D eigenvalue weighted by atomic mass is 32.1. The fourth-order valence-corrected chi connectivity index (χ4v) is 1.96. The quantitative estimate of drug-likeness (QED) is 0.582. The molecular weight excluding hydrogens is 276 g/mol. The van der Waals surface area contributed by atoms with Crippen LogP contribution in [0.15, 0.2) is 30.3 Å². The lowest BCUT2D eigenvalue weighted by Gasteiger charge is -2.15.